The van der Waals surface area contributed by atoms with E-state index in [1.54, 1.807) is 0 Å². The third kappa shape index (κ3) is 16.3. The summed E-state index contributed by atoms with van der Waals surface area (Å²) in [7, 11) is 0. The van der Waals surface area contributed by atoms with Gasteiger partial charge in [-0.2, -0.15) is 0 Å². The van der Waals surface area contributed by atoms with Crippen molar-refractivity contribution in [3.8, 4) is 0 Å². The molecule has 0 spiro atoms. The van der Waals surface area contributed by atoms with E-state index in [4.69, 9.17) is 9.47 Å². The molecule has 0 fully saturated rings. The Balaban J connectivity index is 0. The van der Waals surface area contributed by atoms with E-state index in [9.17, 15) is 4.79 Å². The first kappa shape index (κ1) is 28.9. The van der Waals surface area contributed by atoms with Gasteiger partial charge in [-0.1, -0.05) is 58.3 Å². The van der Waals surface area contributed by atoms with Gasteiger partial charge in [0.15, 0.2) is 0 Å². The number of unbranched alkanes of at least 4 members (excludes halogenated alkanes) is 8. The molecule has 27 heavy (non-hydrogen) atoms. The fourth-order valence-electron chi connectivity index (χ4n) is 3.37. The molecule has 0 bridgehead atoms. The van der Waals surface area contributed by atoms with Gasteiger partial charge in [0.2, 0.25) is 0 Å². The van der Waals surface area contributed by atoms with Crippen LogP contribution >= 0.6 is 0 Å². The second-order valence-corrected chi connectivity index (χ2v) is 7.43. The van der Waals surface area contributed by atoms with E-state index < -0.39 is 0 Å². The Morgan fingerprint density at radius 2 is 1.22 bits per heavy atom. The molecule has 0 radical (unpaired) electrons. The van der Waals surface area contributed by atoms with E-state index in [-0.39, 0.29) is 18.4 Å². The molecule has 5 heteroatoms. The summed E-state index contributed by atoms with van der Waals surface area (Å²) in [4.78, 5) is 11.7. The molecule has 0 aliphatic carbocycles. The van der Waals surface area contributed by atoms with E-state index in [0.717, 1.165) is 50.1 Å². The molecule has 0 rings (SSSR count). The van der Waals surface area contributed by atoms with Crippen molar-refractivity contribution in [3.63, 3.8) is 0 Å². The quantitative estimate of drug-likeness (QED) is 0.187. The summed E-state index contributed by atoms with van der Waals surface area (Å²) in [6.07, 6.45) is 12.0. The molecule has 0 saturated heterocycles. The molecule has 0 atom stereocenters. The van der Waals surface area contributed by atoms with Gasteiger partial charge in [0.05, 0.1) is 32.8 Å². The van der Waals surface area contributed by atoms with Crippen molar-refractivity contribution in [2.75, 3.05) is 46.0 Å². The van der Waals surface area contributed by atoms with Crippen LogP contribution in [-0.2, 0) is 14.3 Å². The Hall–Kier alpha value is -0.320. The molecule has 0 aromatic rings. The number of rotatable bonds is 19. The summed E-state index contributed by atoms with van der Waals surface area (Å²) in [6.45, 7) is 15.1. The van der Waals surface area contributed by atoms with Crippen LogP contribution in [0.5, 0.6) is 0 Å². The van der Waals surface area contributed by atoms with Gasteiger partial charge in [0, 0.05) is 6.42 Å². The van der Waals surface area contributed by atoms with E-state index in [2.05, 4.69) is 27.7 Å². The number of carbonyl (C=O) groups excluding carboxylic acids is 1. The highest BCUT2D eigenvalue weighted by molar-refractivity contribution is 5.69. The normalized spacial score (nSPS) is 11.3. The Labute approximate surface area is 175 Å². The lowest BCUT2D eigenvalue weighted by Crippen LogP contribution is -3.00. The summed E-state index contributed by atoms with van der Waals surface area (Å²) in [5.41, 5.74) is 0. The van der Waals surface area contributed by atoms with Gasteiger partial charge in [-0.3, -0.25) is 4.79 Å². The maximum atomic E-state index is 11.7. The first-order chi connectivity index (χ1) is 12.6. The number of likely N-dealkylation sites (N-methyl/N-ethyl adjacent to an activating group) is 1. The first-order valence-electron chi connectivity index (χ1n) is 11.2. The van der Waals surface area contributed by atoms with Crippen LogP contribution in [0.1, 0.15) is 91.9 Å². The molecule has 0 heterocycles. The van der Waals surface area contributed by atoms with Gasteiger partial charge < -0.3 is 26.4 Å². The number of carbonyl (C=O) groups is 1. The molecule has 4 nitrogen and oxygen atoms in total. The largest absolute Gasteiger partial charge is 1.00 e. The number of hydrogen-bond donors (Lipinski definition) is 0. The Morgan fingerprint density at radius 1 is 0.704 bits per heavy atom. The van der Waals surface area contributed by atoms with Crippen molar-refractivity contribution in [1.29, 1.82) is 0 Å². The van der Waals surface area contributed by atoms with Crippen LogP contribution < -0.4 is 12.4 Å². The van der Waals surface area contributed by atoms with Crippen molar-refractivity contribution < 1.29 is 31.2 Å². The van der Waals surface area contributed by atoms with Gasteiger partial charge in [-0.25, -0.2) is 0 Å². The Morgan fingerprint density at radius 3 is 1.74 bits per heavy atom. The van der Waals surface area contributed by atoms with Crippen molar-refractivity contribution in [2.24, 2.45) is 0 Å². The van der Waals surface area contributed by atoms with Crippen molar-refractivity contribution in [3.05, 3.63) is 0 Å². The smallest absolute Gasteiger partial charge is 0.305 e. The van der Waals surface area contributed by atoms with E-state index in [1.807, 2.05) is 0 Å². The van der Waals surface area contributed by atoms with Crippen LogP contribution in [0, 0.1) is 0 Å². The number of halogens is 1. The van der Waals surface area contributed by atoms with Crippen LogP contribution in [0.25, 0.3) is 0 Å². The monoisotopic (exact) mass is 407 g/mol. The lowest BCUT2D eigenvalue weighted by atomic mass is 10.1. The zero-order valence-corrected chi connectivity index (χ0v) is 19.3. The van der Waals surface area contributed by atoms with Gasteiger partial charge >= 0.3 is 5.97 Å². The van der Waals surface area contributed by atoms with Gasteiger partial charge in [0.1, 0.15) is 13.2 Å². The fraction of sp³-hybridized carbons (Fsp3) is 0.955. The van der Waals surface area contributed by atoms with Gasteiger partial charge in [-0.15, -0.1) is 0 Å². The molecule has 0 amide bonds. The zero-order chi connectivity index (χ0) is 19.5. The molecule has 0 N–H and O–H groups in total. The second kappa shape index (κ2) is 20.4. The Kier molecular flexibility index (Phi) is 21.8. The summed E-state index contributed by atoms with van der Waals surface area (Å²) < 4.78 is 12.0. The maximum Gasteiger partial charge on any atom is 0.305 e. The third-order valence-electron chi connectivity index (χ3n) is 5.70. The minimum absolute atomic E-state index is 0. The highest BCUT2D eigenvalue weighted by atomic mass is 35.5. The summed E-state index contributed by atoms with van der Waals surface area (Å²) in [5, 5.41) is 0. The predicted molar refractivity (Wildman–Crippen MR) is 110 cm³/mol. The second-order valence-electron chi connectivity index (χ2n) is 7.43. The fourth-order valence-corrected chi connectivity index (χ4v) is 3.37. The van der Waals surface area contributed by atoms with E-state index in [0.29, 0.717) is 19.6 Å². The van der Waals surface area contributed by atoms with Crippen LogP contribution in [0.4, 0.5) is 0 Å². The molecule has 0 aromatic carbocycles. The average Bonchev–Trinajstić information content (AvgIpc) is 2.67. The van der Waals surface area contributed by atoms with Gasteiger partial charge in [0.25, 0.3) is 0 Å². The summed E-state index contributed by atoms with van der Waals surface area (Å²) in [5.74, 6) is -0.0719. The average molecular weight is 408 g/mol. The number of nitrogens with zero attached hydrogens (tertiary/aromatic N) is 1. The minimum Gasteiger partial charge on any atom is -1.00 e. The summed E-state index contributed by atoms with van der Waals surface area (Å²) in [6, 6.07) is 0. The van der Waals surface area contributed by atoms with Crippen LogP contribution in [0.15, 0.2) is 0 Å². The molecule has 0 unspecified atom stereocenters. The molecule has 0 aliphatic heterocycles. The predicted octanol–water partition coefficient (Wildman–Crippen LogP) is 2.35. The number of ether oxygens (including phenoxy) is 2. The molecule has 0 aromatic heterocycles. The number of hydrogen-bond acceptors (Lipinski definition) is 3. The molecular weight excluding hydrogens is 362 g/mol. The summed E-state index contributed by atoms with van der Waals surface area (Å²) >= 11 is 0. The maximum absolute atomic E-state index is 11.7. The zero-order valence-electron chi connectivity index (χ0n) is 18.6. The Bertz CT molecular complexity index is 314. The lowest BCUT2D eigenvalue weighted by Gasteiger charge is -2.35. The van der Waals surface area contributed by atoms with Gasteiger partial charge in [-0.05, 0) is 27.2 Å². The highest BCUT2D eigenvalue weighted by Crippen LogP contribution is 2.10. The topological polar surface area (TPSA) is 35.5 Å². The first-order valence-corrected chi connectivity index (χ1v) is 11.2. The lowest BCUT2D eigenvalue weighted by molar-refractivity contribution is -0.923. The highest BCUT2D eigenvalue weighted by Gasteiger charge is 2.19. The number of esters is 1. The molecule has 0 aliphatic rings. The SMILES string of the molecule is CCCCCCCCCCCC(=O)OCCOCC[N+](CC)(CC)CC.[Cl-]. The minimum atomic E-state index is -0.0719. The van der Waals surface area contributed by atoms with Crippen molar-refractivity contribution >= 4 is 5.97 Å². The van der Waals surface area contributed by atoms with Crippen molar-refractivity contribution in [1.82, 2.24) is 0 Å². The molecular formula is C22H46ClNO3. The van der Waals surface area contributed by atoms with Crippen LogP contribution in [0.3, 0.4) is 0 Å². The van der Waals surface area contributed by atoms with E-state index in [1.165, 1.54) is 44.9 Å². The van der Waals surface area contributed by atoms with Crippen molar-refractivity contribution in [2.45, 2.75) is 91.9 Å². The number of quaternary nitrogens is 1. The van der Waals surface area contributed by atoms with Crippen LogP contribution in [0.2, 0.25) is 0 Å². The van der Waals surface area contributed by atoms with E-state index >= 15 is 0 Å². The molecule has 0 saturated carbocycles. The third-order valence-corrected chi connectivity index (χ3v) is 5.70. The standard InChI is InChI=1S/C22H46NO3.ClH/c1-5-9-10-11-12-13-14-15-16-17-22(24)26-21-20-25-19-18-23(6-2,7-3)8-4;/h5-21H2,1-4H3;1H/q+1;/p-1. The molecule has 164 valence electrons. The van der Waals surface area contributed by atoms with Crippen LogP contribution in [-0.4, -0.2) is 56.5 Å².